The Labute approximate surface area is 274 Å². The predicted molar refractivity (Wildman–Crippen MR) is 184 cm³/mol. The smallest absolute Gasteiger partial charge is 0.317 e. The minimum absolute atomic E-state index is 0.0648. The molecule has 3 aliphatic heterocycles. The van der Waals surface area contributed by atoms with Crippen LogP contribution in [-0.2, 0) is 11.2 Å². The van der Waals surface area contributed by atoms with E-state index in [0.717, 1.165) is 57.5 Å². The SMILES string of the molecule is C#CCB1C=C(c2cnc3c(Nc4ccc(/C(=C/CC)N5CCN(C=O)CC5)c(CC)c4)nccn23)C(C(F)F)=N1.OC1CCNC1. The average Bonchev–Trinajstić information content (AvgIpc) is 3.85. The van der Waals surface area contributed by atoms with Crippen LogP contribution in [0.2, 0.25) is 6.32 Å². The van der Waals surface area contributed by atoms with Crippen molar-refractivity contribution >= 4 is 47.4 Å². The Morgan fingerprint density at radius 3 is 2.68 bits per heavy atom. The number of nitrogens with one attached hydrogen (secondary N) is 2. The van der Waals surface area contributed by atoms with E-state index in [0.29, 0.717) is 35.8 Å². The topological polar surface area (TPSA) is 110 Å². The number of nitrogens with zero attached hydrogens (tertiary/aromatic N) is 6. The van der Waals surface area contributed by atoms with Gasteiger partial charge >= 0.3 is 6.85 Å². The predicted octanol–water partition coefficient (Wildman–Crippen LogP) is 4.17. The minimum Gasteiger partial charge on any atom is -0.392 e. The lowest BCUT2D eigenvalue weighted by Crippen LogP contribution is -2.44. The van der Waals surface area contributed by atoms with Crippen LogP contribution in [0.4, 0.5) is 20.3 Å². The van der Waals surface area contributed by atoms with E-state index < -0.39 is 13.3 Å². The van der Waals surface area contributed by atoms with Crippen LogP contribution in [0.5, 0.6) is 0 Å². The fourth-order valence-electron chi connectivity index (χ4n) is 6.05. The Balaban J connectivity index is 0.000000650. The van der Waals surface area contributed by atoms with Crippen LogP contribution >= 0.6 is 0 Å². The number of aliphatic hydroxyl groups is 1. The molecule has 3 N–H and O–H groups in total. The number of aromatic nitrogens is 3. The van der Waals surface area contributed by atoms with Gasteiger partial charge in [0, 0.05) is 74.0 Å². The number of alkyl halides is 2. The molecule has 2 aromatic heterocycles. The third kappa shape index (κ3) is 7.89. The number of rotatable bonds is 10. The van der Waals surface area contributed by atoms with Crippen molar-refractivity contribution in [2.24, 2.45) is 4.90 Å². The van der Waals surface area contributed by atoms with Gasteiger partial charge in [0.1, 0.15) is 0 Å². The highest BCUT2D eigenvalue weighted by Gasteiger charge is 2.30. The Morgan fingerprint density at radius 1 is 1.26 bits per heavy atom. The molecule has 1 aromatic carbocycles. The molecule has 246 valence electrons. The summed E-state index contributed by atoms with van der Waals surface area (Å²) in [5.74, 6) is 4.70. The molecule has 3 aromatic rings. The van der Waals surface area contributed by atoms with Gasteiger partial charge in [-0.05, 0) is 43.5 Å². The van der Waals surface area contributed by atoms with Crippen molar-refractivity contribution in [2.75, 3.05) is 44.6 Å². The summed E-state index contributed by atoms with van der Waals surface area (Å²) in [7, 11) is 0. The molecule has 0 bridgehead atoms. The second-order valence-electron chi connectivity index (χ2n) is 11.6. The lowest BCUT2D eigenvalue weighted by molar-refractivity contribution is -0.119. The number of halogens is 2. The normalized spacial score (nSPS) is 18.2. The van der Waals surface area contributed by atoms with E-state index in [1.165, 1.54) is 16.8 Å². The summed E-state index contributed by atoms with van der Waals surface area (Å²) in [6.45, 7) is 8.55. The second kappa shape index (κ2) is 15.8. The number of fused-ring (bicyclic) bond motifs is 1. The molecule has 5 heterocycles. The molecular weight excluding hydrogens is 601 g/mol. The van der Waals surface area contributed by atoms with Crippen LogP contribution in [0.25, 0.3) is 16.9 Å². The highest BCUT2D eigenvalue weighted by molar-refractivity contribution is 6.71. The molecule has 6 rings (SSSR count). The van der Waals surface area contributed by atoms with Crippen LogP contribution in [0, 0.1) is 12.3 Å². The summed E-state index contributed by atoms with van der Waals surface area (Å²) in [6.07, 6.45) is 13.6. The van der Waals surface area contributed by atoms with E-state index in [9.17, 15) is 13.6 Å². The number of carbonyl (C=O) groups excluding carboxylic acids is 1. The molecule has 0 spiro atoms. The summed E-state index contributed by atoms with van der Waals surface area (Å²) in [4.78, 5) is 28.5. The molecular formula is C34H41BF2N8O2. The Kier molecular flexibility index (Phi) is 11.4. The summed E-state index contributed by atoms with van der Waals surface area (Å²) >= 11 is 0. The van der Waals surface area contributed by atoms with Gasteiger partial charge in [-0.1, -0.05) is 32.0 Å². The third-order valence-corrected chi connectivity index (χ3v) is 8.44. The average molecular weight is 643 g/mol. The molecule has 3 aliphatic rings. The van der Waals surface area contributed by atoms with Crippen molar-refractivity contribution in [2.45, 2.75) is 52.0 Å². The van der Waals surface area contributed by atoms with Gasteiger partial charge in [0.25, 0.3) is 6.43 Å². The van der Waals surface area contributed by atoms with Gasteiger partial charge < -0.3 is 30.4 Å². The van der Waals surface area contributed by atoms with Gasteiger partial charge in [0.15, 0.2) is 11.5 Å². The van der Waals surface area contributed by atoms with Crippen molar-refractivity contribution in [3.05, 3.63) is 65.7 Å². The maximum atomic E-state index is 13.8. The molecule has 0 aliphatic carbocycles. The fourth-order valence-corrected chi connectivity index (χ4v) is 6.05. The van der Waals surface area contributed by atoms with E-state index in [4.69, 9.17) is 11.5 Å². The summed E-state index contributed by atoms with van der Waals surface area (Å²) < 4.78 is 29.4. The summed E-state index contributed by atoms with van der Waals surface area (Å²) in [5, 5.41) is 15.1. The Bertz CT molecular complexity index is 1680. The standard InChI is InChI=1S/C30H32BF2N7O.C4H9NO/c1-4-7-25(39-15-13-38(20-41)14-16-39)23-9-8-22(17-21(23)6-3)36-29-30-35-19-26(40(30)12-11-34-29)24-18-31(10-5-2)37-27(24)28(32)33;6-4-1-2-5-3-4/h2,7-9,11-12,17-20,28H,4,6,10,13-16H2,1,3H3,(H,34,36);4-6H,1-3H2/b25-7-;. The zero-order chi connectivity index (χ0) is 33.3. The van der Waals surface area contributed by atoms with Gasteiger partial charge in [-0.15, -0.1) is 12.3 Å². The summed E-state index contributed by atoms with van der Waals surface area (Å²) in [6, 6.07) is 6.24. The molecule has 13 heteroatoms. The van der Waals surface area contributed by atoms with Gasteiger partial charge in [-0.25, -0.2) is 18.7 Å². The molecule has 1 amide bonds. The first-order valence-corrected chi connectivity index (χ1v) is 16.1. The quantitative estimate of drug-likeness (QED) is 0.173. The van der Waals surface area contributed by atoms with E-state index in [2.05, 4.69) is 68.4 Å². The number of terminal acetylenes is 1. The molecule has 1 unspecified atom stereocenters. The van der Waals surface area contributed by atoms with E-state index in [-0.39, 0.29) is 18.1 Å². The number of benzene rings is 1. The maximum Gasteiger partial charge on any atom is 0.317 e. The number of aryl methyl sites for hydroxylation is 1. The van der Waals surface area contributed by atoms with E-state index >= 15 is 0 Å². The lowest BCUT2D eigenvalue weighted by atomic mass is 9.61. The Hall–Kier alpha value is -4.54. The molecule has 2 saturated heterocycles. The largest absolute Gasteiger partial charge is 0.392 e. The van der Waals surface area contributed by atoms with E-state index in [1.807, 2.05) is 11.0 Å². The van der Waals surface area contributed by atoms with Crippen molar-refractivity contribution in [1.29, 1.82) is 0 Å². The van der Waals surface area contributed by atoms with Gasteiger partial charge in [-0.3, -0.25) is 9.20 Å². The first kappa shape index (κ1) is 33.8. The number of anilines is 2. The Morgan fingerprint density at radius 2 is 2.06 bits per heavy atom. The third-order valence-electron chi connectivity index (χ3n) is 8.44. The number of hydrogen-bond acceptors (Lipinski definition) is 8. The van der Waals surface area contributed by atoms with Crippen molar-refractivity contribution in [3.63, 3.8) is 0 Å². The number of β-amino-alcohol motifs (C(OH)–C–C–N with tert-alkyl or cyclic N) is 1. The number of piperazine rings is 1. The first-order valence-electron chi connectivity index (χ1n) is 16.1. The van der Waals surface area contributed by atoms with E-state index in [1.54, 1.807) is 29.0 Å². The maximum absolute atomic E-state index is 13.8. The van der Waals surface area contributed by atoms with Crippen LogP contribution in [-0.4, -0.2) is 100 Å². The fraction of sp³-hybridized carbons (Fsp3) is 0.412. The number of hydrogen-bond donors (Lipinski definition) is 3. The van der Waals surface area contributed by atoms with Crippen LogP contribution in [0.3, 0.4) is 0 Å². The van der Waals surface area contributed by atoms with Crippen molar-refractivity contribution < 1.29 is 18.7 Å². The monoisotopic (exact) mass is 642 g/mol. The molecule has 47 heavy (non-hydrogen) atoms. The number of aliphatic hydroxyl groups excluding tert-OH is 1. The molecule has 0 saturated carbocycles. The van der Waals surface area contributed by atoms with Crippen molar-refractivity contribution in [1.82, 2.24) is 29.5 Å². The van der Waals surface area contributed by atoms with Crippen LogP contribution in [0.1, 0.15) is 43.5 Å². The van der Waals surface area contributed by atoms with Gasteiger partial charge in [0.05, 0.1) is 23.7 Å². The molecule has 0 radical (unpaired) electrons. The zero-order valence-corrected chi connectivity index (χ0v) is 26.9. The second-order valence-corrected chi connectivity index (χ2v) is 11.6. The molecule has 10 nitrogen and oxygen atoms in total. The summed E-state index contributed by atoms with van der Waals surface area (Å²) in [5.41, 5.74) is 5.47. The number of carbonyl (C=O) groups is 1. The number of imidazole rings is 1. The molecule has 2 fully saturated rings. The highest BCUT2D eigenvalue weighted by Crippen LogP contribution is 2.31. The van der Waals surface area contributed by atoms with Crippen LogP contribution in [0.15, 0.2) is 53.7 Å². The minimum atomic E-state index is -2.72. The zero-order valence-electron chi connectivity index (χ0n) is 26.9. The van der Waals surface area contributed by atoms with Crippen molar-refractivity contribution in [3.8, 4) is 12.3 Å². The first-order chi connectivity index (χ1) is 22.9. The lowest BCUT2D eigenvalue weighted by Gasteiger charge is -2.36. The van der Waals surface area contributed by atoms with Gasteiger partial charge in [0.2, 0.25) is 6.41 Å². The molecule has 1 atom stereocenters. The number of allylic oxidation sites excluding steroid dienone is 2. The van der Waals surface area contributed by atoms with Gasteiger partial charge in [-0.2, -0.15) is 0 Å². The highest BCUT2D eigenvalue weighted by atomic mass is 19.3. The number of amides is 1. The van der Waals surface area contributed by atoms with Crippen LogP contribution < -0.4 is 10.6 Å².